The van der Waals surface area contributed by atoms with E-state index in [1.165, 1.54) is 6.42 Å². The Morgan fingerprint density at radius 2 is 2.42 bits per heavy atom. The van der Waals surface area contributed by atoms with E-state index in [1.807, 2.05) is 23.9 Å². The number of nitrogens with one attached hydrogen (secondary N) is 1. The molecule has 1 fully saturated rings. The number of furan rings is 1. The van der Waals surface area contributed by atoms with Crippen LogP contribution >= 0.6 is 11.8 Å². The Morgan fingerprint density at radius 1 is 1.58 bits per heavy atom. The summed E-state index contributed by atoms with van der Waals surface area (Å²) in [5, 5.41) is 3.83. The topological polar surface area (TPSA) is 45.5 Å². The van der Waals surface area contributed by atoms with Gasteiger partial charge in [0.1, 0.15) is 5.76 Å². The Labute approximate surface area is 118 Å². The molecular weight excluding hydrogens is 260 g/mol. The van der Waals surface area contributed by atoms with E-state index in [0.29, 0.717) is 17.8 Å². The number of urea groups is 1. The van der Waals surface area contributed by atoms with Crippen LogP contribution in [0, 0.1) is 0 Å². The average Bonchev–Trinajstić information content (AvgIpc) is 3.02. The fourth-order valence-corrected chi connectivity index (χ4v) is 3.59. The average molecular weight is 282 g/mol. The summed E-state index contributed by atoms with van der Waals surface area (Å²) in [5.41, 5.74) is 0. The van der Waals surface area contributed by atoms with Gasteiger partial charge < -0.3 is 14.6 Å². The maximum absolute atomic E-state index is 12.1. The molecule has 0 radical (unpaired) electrons. The van der Waals surface area contributed by atoms with Gasteiger partial charge in [0.2, 0.25) is 0 Å². The van der Waals surface area contributed by atoms with Crippen molar-refractivity contribution < 1.29 is 9.21 Å². The quantitative estimate of drug-likeness (QED) is 0.902. The first-order valence-electron chi connectivity index (χ1n) is 6.84. The molecule has 0 saturated heterocycles. The minimum Gasteiger partial charge on any atom is -0.467 e. The SMILES string of the molecule is CCS[C@@H]1CC[C@H](NC(=O)N(C)Cc2ccco2)C1. The molecule has 1 aromatic heterocycles. The lowest BCUT2D eigenvalue weighted by Crippen LogP contribution is -2.41. The summed E-state index contributed by atoms with van der Waals surface area (Å²) in [5.74, 6) is 1.97. The monoisotopic (exact) mass is 282 g/mol. The van der Waals surface area contributed by atoms with Gasteiger partial charge in [0, 0.05) is 18.3 Å². The maximum Gasteiger partial charge on any atom is 0.317 e. The summed E-state index contributed by atoms with van der Waals surface area (Å²) in [7, 11) is 1.80. The van der Waals surface area contributed by atoms with Gasteiger partial charge in [-0.1, -0.05) is 6.92 Å². The van der Waals surface area contributed by atoms with Gasteiger partial charge in [0.25, 0.3) is 0 Å². The van der Waals surface area contributed by atoms with E-state index >= 15 is 0 Å². The van der Waals surface area contributed by atoms with Crippen molar-refractivity contribution in [2.45, 2.75) is 44.0 Å². The van der Waals surface area contributed by atoms with Crippen LogP contribution in [0.25, 0.3) is 0 Å². The molecule has 0 spiro atoms. The summed E-state index contributed by atoms with van der Waals surface area (Å²) in [6, 6.07) is 4.04. The molecule has 1 aliphatic carbocycles. The van der Waals surface area contributed by atoms with Crippen molar-refractivity contribution >= 4 is 17.8 Å². The zero-order valence-corrected chi connectivity index (χ0v) is 12.4. The van der Waals surface area contributed by atoms with Crippen LogP contribution in [0.15, 0.2) is 22.8 Å². The Kier molecular flexibility index (Phi) is 5.19. The fraction of sp³-hybridized carbons (Fsp3) is 0.643. The van der Waals surface area contributed by atoms with Gasteiger partial charge in [-0.05, 0) is 37.1 Å². The Hall–Kier alpha value is -1.10. The highest BCUT2D eigenvalue weighted by Gasteiger charge is 2.26. The lowest BCUT2D eigenvalue weighted by molar-refractivity contribution is 0.199. The molecule has 2 rings (SSSR count). The number of hydrogen-bond acceptors (Lipinski definition) is 3. The minimum absolute atomic E-state index is 0.0106. The van der Waals surface area contributed by atoms with Crippen molar-refractivity contribution in [3.8, 4) is 0 Å². The van der Waals surface area contributed by atoms with Crippen LogP contribution in [0.3, 0.4) is 0 Å². The third-order valence-electron chi connectivity index (χ3n) is 3.43. The molecule has 0 aliphatic heterocycles. The fourth-order valence-electron chi connectivity index (χ4n) is 2.45. The van der Waals surface area contributed by atoms with Gasteiger partial charge in [-0.2, -0.15) is 11.8 Å². The summed E-state index contributed by atoms with van der Waals surface area (Å²) in [6.45, 7) is 2.70. The van der Waals surface area contributed by atoms with Gasteiger partial charge in [0.05, 0.1) is 12.8 Å². The van der Waals surface area contributed by atoms with E-state index in [9.17, 15) is 4.79 Å². The van der Waals surface area contributed by atoms with E-state index in [2.05, 4.69) is 12.2 Å². The van der Waals surface area contributed by atoms with Gasteiger partial charge in [-0.25, -0.2) is 4.79 Å². The van der Waals surface area contributed by atoms with E-state index in [1.54, 1.807) is 18.2 Å². The van der Waals surface area contributed by atoms with Gasteiger partial charge in [-0.15, -0.1) is 0 Å². The predicted molar refractivity (Wildman–Crippen MR) is 78.3 cm³/mol. The zero-order valence-electron chi connectivity index (χ0n) is 11.6. The van der Waals surface area contributed by atoms with Crippen molar-refractivity contribution in [1.29, 1.82) is 0 Å². The van der Waals surface area contributed by atoms with Crippen LogP contribution in [0.4, 0.5) is 4.79 Å². The van der Waals surface area contributed by atoms with E-state index < -0.39 is 0 Å². The maximum atomic E-state index is 12.1. The molecule has 0 unspecified atom stereocenters. The molecule has 0 bridgehead atoms. The molecule has 0 aromatic carbocycles. The van der Waals surface area contributed by atoms with Crippen LogP contribution in [-0.4, -0.2) is 35.0 Å². The number of carbonyl (C=O) groups excluding carboxylic acids is 1. The Bertz CT molecular complexity index is 394. The Morgan fingerprint density at radius 3 is 3.11 bits per heavy atom. The lowest BCUT2D eigenvalue weighted by atomic mass is 10.2. The number of thioether (sulfide) groups is 1. The molecule has 19 heavy (non-hydrogen) atoms. The molecule has 1 aliphatic rings. The number of rotatable bonds is 5. The summed E-state index contributed by atoms with van der Waals surface area (Å²) in [6.07, 6.45) is 5.03. The van der Waals surface area contributed by atoms with Crippen LogP contribution in [0.5, 0.6) is 0 Å². The molecule has 5 heteroatoms. The smallest absolute Gasteiger partial charge is 0.317 e. The van der Waals surface area contributed by atoms with Gasteiger partial charge in [-0.3, -0.25) is 0 Å². The van der Waals surface area contributed by atoms with E-state index in [4.69, 9.17) is 4.42 Å². The first-order valence-corrected chi connectivity index (χ1v) is 7.89. The largest absolute Gasteiger partial charge is 0.467 e. The van der Waals surface area contributed by atoms with Crippen LogP contribution in [0.1, 0.15) is 31.9 Å². The van der Waals surface area contributed by atoms with Crippen LogP contribution in [0.2, 0.25) is 0 Å². The first-order chi connectivity index (χ1) is 9.19. The van der Waals surface area contributed by atoms with E-state index in [0.717, 1.165) is 24.4 Å². The molecule has 1 saturated carbocycles. The molecule has 2 atom stereocenters. The highest BCUT2D eigenvalue weighted by Crippen LogP contribution is 2.29. The summed E-state index contributed by atoms with van der Waals surface area (Å²) in [4.78, 5) is 13.7. The van der Waals surface area contributed by atoms with Crippen molar-refractivity contribution in [3.63, 3.8) is 0 Å². The second-order valence-corrected chi connectivity index (χ2v) is 6.55. The van der Waals surface area contributed by atoms with Gasteiger partial charge >= 0.3 is 6.03 Å². The van der Waals surface area contributed by atoms with Crippen LogP contribution in [-0.2, 0) is 6.54 Å². The molecule has 106 valence electrons. The predicted octanol–water partition coefficient (Wildman–Crippen LogP) is 3.10. The van der Waals surface area contributed by atoms with Crippen molar-refractivity contribution in [3.05, 3.63) is 24.2 Å². The second kappa shape index (κ2) is 6.89. The summed E-state index contributed by atoms with van der Waals surface area (Å²) >= 11 is 2.00. The standard InChI is InChI=1S/C14H22N2O2S/c1-3-19-13-7-6-11(9-13)15-14(17)16(2)10-12-5-4-8-18-12/h4-5,8,11,13H,3,6-7,9-10H2,1-2H3,(H,15,17)/t11-,13+/m0/s1. The first kappa shape index (κ1) is 14.3. The van der Waals surface area contributed by atoms with Crippen LogP contribution < -0.4 is 5.32 Å². The third-order valence-corrected chi connectivity index (χ3v) is 4.67. The molecule has 1 N–H and O–H groups in total. The number of hydrogen-bond donors (Lipinski definition) is 1. The zero-order chi connectivity index (χ0) is 13.7. The van der Waals surface area contributed by atoms with E-state index in [-0.39, 0.29) is 6.03 Å². The molecule has 1 heterocycles. The molecule has 4 nitrogen and oxygen atoms in total. The van der Waals surface area contributed by atoms with Crippen molar-refractivity contribution in [1.82, 2.24) is 10.2 Å². The van der Waals surface area contributed by atoms with Crippen molar-refractivity contribution in [2.24, 2.45) is 0 Å². The highest BCUT2D eigenvalue weighted by atomic mass is 32.2. The number of carbonyl (C=O) groups is 1. The molecule has 2 amide bonds. The lowest BCUT2D eigenvalue weighted by Gasteiger charge is -2.20. The number of nitrogens with zero attached hydrogens (tertiary/aromatic N) is 1. The second-order valence-electron chi connectivity index (χ2n) is 4.97. The molecular formula is C14H22N2O2S. The Balaban J connectivity index is 1.75. The minimum atomic E-state index is -0.0106. The summed E-state index contributed by atoms with van der Waals surface area (Å²) < 4.78 is 5.25. The normalized spacial score (nSPS) is 22.4. The van der Waals surface area contributed by atoms with Crippen molar-refractivity contribution in [2.75, 3.05) is 12.8 Å². The highest BCUT2D eigenvalue weighted by molar-refractivity contribution is 7.99. The third kappa shape index (κ3) is 4.20. The molecule has 1 aromatic rings. The van der Waals surface area contributed by atoms with Gasteiger partial charge in [0.15, 0.2) is 0 Å². The number of amides is 2.